The van der Waals surface area contributed by atoms with Crippen LogP contribution in [0.4, 0.5) is 5.69 Å². The van der Waals surface area contributed by atoms with Gasteiger partial charge < -0.3 is 20.4 Å². The maximum atomic E-state index is 12.7. The molecule has 0 spiro atoms. The fraction of sp³-hybridized carbons (Fsp3) is 0.381. The van der Waals surface area contributed by atoms with E-state index in [1.54, 1.807) is 39.0 Å². The first-order chi connectivity index (χ1) is 13.1. The molecule has 2 amide bonds. The molecule has 1 heterocycles. The van der Waals surface area contributed by atoms with E-state index in [2.05, 4.69) is 15.6 Å². The van der Waals surface area contributed by atoms with Crippen LogP contribution in [0.2, 0.25) is 0 Å². The van der Waals surface area contributed by atoms with Gasteiger partial charge in [-0.05, 0) is 64.8 Å². The number of hydrogen-bond donors (Lipinski definition) is 3. The summed E-state index contributed by atoms with van der Waals surface area (Å²) >= 11 is 0. The summed E-state index contributed by atoms with van der Waals surface area (Å²) in [5, 5.41) is 5.63. The summed E-state index contributed by atoms with van der Waals surface area (Å²) in [4.78, 5) is 40.1. The van der Waals surface area contributed by atoms with Crippen LogP contribution >= 0.6 is 0 Å². The normalized spacial score (nSPS) is 10.7. The number of carbonyl (C=O) groups excluding carboxylic acids is 3. The van der Waals surface area contributed by atoms with Gasteiger partial charge in [-0.25, -0.2) is 4.79 Å². The maximum Gasteiger partial charge on any atom is 0.340 e. The van der Waals surface area contributed by atoms with Crippen molar-refractivity contribution >= 4 is 23.5 Å². The average molecular weight is 385 g/mol. The number of esters is 1. The van der Waals surface area contributed by atoms with E-state index in [0.717, 1.165) is 5.56 Å². The van der Waals surface area contributed by atoms with E-state index in [4.69, 9.17) is 4.74 Å². The Morgan fingerprint density at radius 1 is 1.11 bits per heavy atom. The molecule has 0 aliphatic heterocycles. The molecule has 0 aliphatic carbocycles. The molecule has 0 unspecified atom stereocenters. The molecular weight excluding hydrogens is 358 g/mol. The minimum Gasteiger partial charge on any atom is -0.462 e. The van der Waals surface area contributed by atoms with Gasteiger partial charge in [-0.15, -0.1) is 0 Å². The summed E-state index contributed by atoms with van der Waals surface area (Å²) in [5.41, 5.74) is 3.56. The first-order valence-electron chi connectivity index (χ1n) is 9.24. The van der Waals surface area contributed by atoms with Crippen LogP contribution in [0, 0.1) is 20.8 Å². The van der Waals surface area contributed by atoms with Crippen LogP contribution in [0.1, 0.15) is 68.8 Å². The number of amides is 2. The molecule has 1 aromatic carbocycles. The summed E-state index contributed by atoms with van der Waals surface area (Å²) in [7, 11) is 0. The summed E-state index contributed by atoms with van der Waals surface area (Å²) in [5.74, 6) is -1.05. The van der Waals surface area contributed by atoms with Crippen molar-refractivity contribution in [3.63, 3.8) is 0 Å². The van der Waals surface area contributed by atoms with Crippen molar-refractivity contribution in [1.29, 1.82) is 0 Å². The molecule has 0 aliphatic rings. The van der Waals surface area contributed by atoms with E-state index in [9.17, 15) is 14.4 Å². The minimum absolute atomic E-state index is 0.0102. The van der Waals surface area contributed by atoms with Gasteiger partial charge in [0.05, 0.1) is 12.2 Å². The Labute approximate surface area is 164 Å². The SMILES string of the molecule is CCOC(=O)c1c(C)[nH]c(C(=O)Nc2ccc(C)c(C(=O)NC(C)C)c2)c1C. The van der Waals surface area contributed by atoms with Gasteiger partial charge in [0, 0.05) is 23.0 Å². The number of carbonyl (C=O) groups is 3. The average Bonchev–Trinajstić information content (AvgIpc) is 2.90. The first-order valence-corrected chi connectivity index (χ1v) is 9.24. The lowest BCUT2D eigenvalue weighted by Crippen LogP contribution is -2.30. The number of aryl methyl sites for hydroxylation is 2. The molecule has 3 N–H and O–H groups in total. The highest BCUT2D eigenvalue weighted by atomic mass is 16.5. The monoisotopic (exact) mass is 385 g/mol. The molecule has 0 radical (unpaired) electrons. The van der Waals surface area contributed by atoms with Gasteiger partial charge in [-0.2, -0.15) is 0 Å². The molecule has 7 nitrogen and oxygen atoms in total. The van der Waals surface area contributed by atoms with E-state index in [1.165, 1.54) is 0 Å². The largest absolute Gasteiger partial charge is 0.462 e. The van der Waals surface area contributed by atoms with Gasteiger partial charge >= 0.3 is 5.97 Å². The molecule has 28 heavy (non-hydrogen) atoms. The van der Waals surface area contributed by atoms with Gasteiger partial charge in [-0.3, -0.25) is 9.59 Å². The quantitative estimate of drug-likeness (QED) is 0.663. The molecule has 0 fully saturated rings. The second-order valence-electron chi connectivity index (χ2n) is 6.96. The predicted octanol–water partition coefficient (Wildman–Crippen LogP) is 3.51. The fourth-order valence-electron chi connectivity index (χ4n) is 2.96. The van der Waals surface area contributed by atoms with Gasteiger partial charge in [0.1, 0.15) is 5.69 Å². The van der Waals surface area contributed by atoms with E-state index in [-0.39, 0.29) is 24.2 Å². The molecule has 7 heteroatoms. The van der Waals surface area contributed by atoms with Crippen LogP contribution < -0.4 is 10.6 Å². The van der Waals surface area contributed by atoms with E-state index < -0.39 is 11.9 Å². The number of benzene rings is 1. The fourth-order valence-corrected chi connectivity index (χ4v) is 2.96. The van der Waals surface area contributed by atoms with Crippen molar-refractivity contribution < 1.29 is 19.1 Å². The lowest BCUT2D eigenvalue weighted by Gasteiger charge is -2.12. The van der Waals surface area contributed by atoms with Crippen LogP contribution in [-0.2, 0) is 4.74 Å². The molecule has 0 bridgehead atoms. The van der Waals surface area contributed by atoms with E-state index in [1.807, 2.05) is 20.8 Å². The van der Waals surface area contributed by atoms with Crippen LogP contribution in [0.25, 0.3) is 0 Å². The number of aromatic amines is 1. The third-order valence-electron chi connectivity index (χ3n) is 4.30. The Bertz CT molecular complexity index is 913. The third kappa shape index (κ3) is 4.60. The van der Waals surface area contributed by atoms with Crippen LogP contribution in [0.15, 0.2) is 18.2 Å². The molecule has 2 aromatic rings. The molecule has 0 saturated carbocycles. The van der Waals surface area contributed by atoms with E-state index >= 15 is 0 Å². The summed E-state index contributed by atoms with van der Waals surface area (Å²) < 4.78 is 5.05. The topological polar surface area (TPSA) is 100 Å². The number of hydrogen-bond acceptors (Lipinski definition) is 4. The van der Waals surface area contributed by atoms with Crippen molar-refractivity contribution in [2.75, 3.05) is 11.9 Å². The zero-order valence-corrected chi connectivity index (χ0v) is 17.1. The number of rotatable bonds is 6. The first kappa shape index (κ1) is 21.2. The second kappa shape index (κ2) is 8.73. The van der Waals surface area contributed by atoms with Crippen molar-refractivity contribution in [2.45, 2.75) is 47.6 Å². The molecular formula is C21H27N3O4. The molecule has 0 saturated heterocycles. The smallest absolute Gasteiger partial charge is 0.340 e. The summed E-state index contributed by atoms with van der Waals surface area (Å²) in [6.07, 6.45) is 0. The Morgan fingerprint density at radius 3 is 2.39 bits per heavy atom. The number of aromatic nitrogens is 1. The number of H-pyrrole nitrogens is 1. The highest BCUT2D eigenvalue weighted by Crippen LogP contribution is 2.21. The number of anilines is 1. The highest BCUT2D eigenvalue weighted by Gasteiger charge is 2.23. The lowest BCUT2D eigenvalue weighted by molar-refractivity contribution is 0.0524. The number of ether oxygens (including phenoxy) is 1. The van der Waals surface area contributed by atoms with Crippen LogP contribution in [0.3, 0.4) is 0 Å². The Hall–Kier alpha value is -3.09. The maximum absolute atomic E-state index is 12.7. The standard InChI is InChI=1S/C21H27N3O4/c1-7-28-21(27)17-13(5)18(23-14(17)6)20(26)24-15-9-8-12(4)16(10-15)19(25)22-11(2)3/h8-11,23H,7H2,1-6H3,(H,22,25)(H,24,26). The van der Waals surface area contributed by atoms with E-state index in [0.29, 0.717) is 28.1 Å². The third-order valence-corrected chi connectivity index (χ3v) is 4.30. The lowest BCUT2D eigenvalue weighted by atomic mass is 10.1. The van der Waals surface area contributed by atoms with Crippen LogP contribution in [0.5, 0.6) is 0 Å². The molecule has 150 valence electrons. The predicted molar refractivity (Wildman–Crippen MR) is 108 cm³/mol. The highest BCUT2D eigenvalue weighted by molar-refractivity contribution is 6.07. The van der Waals surface area contributed by atoms with Crippen molar-refractivity contribution in [3.8, 4) is 0 Å². The summed E-state index contributed by atoms with van der Waals surface area (Å²) in [6.45, 7) is 11.0. The van der Waals surface area contributed by atoms with Gasteiger partial charge in [0.2, 0.25) is 0 Å². The molecule has 2 rings (SSSR count). The zero-order chi connectivity index (χ0) is 21.0. The number of nitrogens with one attached hydrogen (secondary N) is 3. The van der Waals surface area contributed by atoms with Crippen molar-refractivity contribution in [1.82, 2.24) is 10.3 Å². The Morgan fingerprint density at radius 2 is 1.79 bits per heavy atom. The Balaban J connectivity index is 2.27. The summed E-state index contributed by atoms with van der Waals surface area (Å²) in [6, 6.07) is 5.16. The van der Waals surface area contributed by atoms with Crippen LogP contribution in [-0.4, -0.2) is 35.4 Å². The van der Waals surface area contributed by atoms with Gasteiger partial charge in [-0.1, -0.05) is 6.07 Å². The van der Waals surface area contributed by atoms with Crippen molar-refractivity contribution in [2.24, 2.45) is 0 Å². The Kier molecular flexibility index (Phi) is 6.62. The van der Waals surface area contributed by atoms with Crippen molar-refractivity contribution in [3.05, 3.63) is 51.8 Å². The molecule has 1 aromatic heterocycles. The zero-order valence-electron chi connectivity index (χ0n) is 17.1. The van der Waals surface area contributed by atoms with Gasteiger partial charge in [0.15, 0.2) is 0 Å². The second-order valence-corrected chi connectivity index (χ2v) is 6.96. The van der Waals surface area contributed by atoms with Gasteiger partial charge in [0.25, 0.3) is 11.8 Å². The minimum atomic E-state index is -0.462. The molecule has 0 atom stereocenters.